The zero-order chi connectivity index (χ0) is 22.1. The Morgan fingerprint density at radius 1 is 1.17 bits per heavy atom. The molecule has 2 unspecified atom stereocenters. The van der Waals surface area contributed by atoms with Crippen LogP contribution in [0.1, 0.15) is 39.8 Å². The minimum Gasteiger partial charge on any atom is -0.391 e. The molecular weight excluding hydrogens is 468 g/mol. The number of aromatic amines is 1. The van der Waals surface area contributed by atoms with Gasteiger partial charge < -0.3 is 10.1 Å². The van der Waals surface area contributed by atoms with Crippen molar-refractivity contribution in [3.63, 3.8) is 0 Å². The first kappa shape index (κ1) is 22.4. The largest absolute Gasteiger partial charge is 0.391 e. The first-order valence-electron chi connectivity index (χ1n) is 9.28. The molecule has 0 fully saturated rings. The molecular formula is C22H23BrN2O4S. The molecule has 8 heteroatoms. The smallest absolute Gasteiger partial charge is 0.221 e. The number of aliphatic hydroxyl groups excluding tert-OH is 1. The molecule has 3 aromatic rings. The first-order chi connectivity index (χ1) is 14.0. The number of primary sulfonamides is 1. The third-order valence-corrected chi connectivity index (χ3v) is 7.59. The van der Waals surface area contributed by atoms with E-state index in [-0.39, 0.29) is 12.2 Å². The maximum atomic E-state index is 12.8. The number of carbonyl (C=O) groups is 1. The van der Waals surface area contributed by atoms with Gasteiger partial charge in [0.1, 0.15) is 4.75 Å². The normalized spacial score (nSPS) is 14.8. The summed E-state index contributed by atoms with van der Waals surface area (Å²) in [5, 5.41) is 16.4. The molecule has 0 amide bonds. The Labute approximate surface area is 184 Å². The van der Waals surface area contributed by atoms with Gasteiger partial charge in [-0.25, -0.2) is 13.6 Å². The van der Waals surface area contributed by atoms with Crippen molar-refractivity contribution in [3.8, 4) is 0 Å². The van der Waals surface area contributed by atoms with Gasteiger partial charge in [0.15, 0.2) is 0 Å². The van der Waals surface area contributed by atoms with Crippen molar-refractivity contribution in [1.29, 1.82) is 0 Å². The van der Waals surface area contributed by atoms with E-state index >= 15 is 0 Å². The van der Waals surface area contributed by atoms with E-state index in [1.165, 1.54) is 6.92 Å². The van der Waals surface area contributed by atoms with Crippen LogP contribution in [0, 0.1) is 6.92 Å². The van der Waals surface area contributed by atoms with Crippen LogP contribution in [0.4, 0.5) is 0 Å². The fourth-order valence-electron chi connectivity index (χ4n) is 3.44. The number of nitrogens with one attached hydrogen (secondary N) is 1. The monoisotopic (exact) mass is 490 g/mol. The van der Waals surface area contributed by atoms with Crippen molar-refractivity contribution in [2.45, 2.75) is 31.1 Å². The lowest BCUT2D eigenvalue weighted by Crippen LogP contribution is -2.48. The SMILES string of the molecule is Cc1cc(Br)ccc1C(=O)c1ccc(CC(O)C(C)(c2ccccc2)S(N)(=O)=O)[nH]1. The van der Waals surface area contributed by atoms with Crippen LogP contribution < -0.4 is 5.14 Å². The van der Waals surface area contributed by atoms with E-state index in [0.29, 0.717) is 22.5 Å². The summed E-state index contributed by atoms with van der Waals surface area (Å²) in [6, 6.07) is 17.1. The minimum atomic E-state index is -4.13. The number of rotatable bonds is 7. The lowest BCUT2D eigenvalue weighted by Gasteiger charge is -2.32. The van der Waals surface area contributed by atoms with Gasteiger partial charge in [-0.1, -0.05) is 46.3 Å². The highest BCUT2D eigenvalue weighted by Crippen LogP contribution is 2.33. The number of aliphatic hydroxyl groups is 1. The van der Waals surface area contributed by atoms with Crippen molar-refractivity contribution in [3.05, 3.63) is 93.2 Å². The summed E-state index contributed by atoms with van der Waals surface area (Å²) in [7, 11) is -4.13. The molecule has 6 nitrogen and oxygen atoms in total. The van der Waals surface area contributed by atoms with Crippen LogP contribution in [0.5, 0.6) is 0 Å². The predicted molar refractivity (Wildman–Crippen MR) is 120 cm³/mol. The Bertz CT molecular complexity index is 1170. The maximum Gasteiger partial charge on any atom is 0.221 e. The summed E-state index contributed by atoms with van der Waals surface area (Å²) in [5.74, 6) is -0.182. The van der Waals surface area contributed by atoms with Gasteiger partial charge in [0.25, 0.3) is 0 Å². The second-order valence-electron chi connectivity index (χ2n) is 7.42. The lowest BCUT2D eigenvalue weighted by atomic mass is 9.91. The van der Waals surface area contributed by atoms with Crippen LogP contribution in [0.25, 0.3) is 0 Å². The number of halogens is 1. The molecule has 0 aliphatic heterocycles. The third-order valence-electron chi connectivity index (χ3n) is 5.41. The van der Waals surface area contributed by atoms with E-state index in [1.54, 1.807) is 54.6 Å². The van der Waals surface area contributed by atoms with Crippen molar-refractivity contribution in [2.75, 3.05) is 0 Å². The fourth-order valence-corrected chi connectivity index (χ4v) is 4.84. The number of nitrogens with two attached hydrogens (primary N) is 1. The molecule has 158 valence electrons. The number of ketones is 1. The van der Waals surface area contributed by atoms with Crippen molar-refractivity contribution >= 4 is 31.7 Å². The van der Waals surface area contributed by atoms with E-state index in [0.717, 1.165) is 10.0 Å². The third kappa shape index (κ3) is 4.27. The van der Waals surface area contributed by atoms with E-state index in [1.807, 2.05) is 13.0 Å². The molecule has 1 heterocycles. The second kappa shape index (κ2) is 8.47. The summed E-state index contributed by atoms with van der Waals surface area (Å²) >= 11 is 3.38. The molecule has 0 aliphatic rings. The fraction of sp³-hybridized carbons (Fsp3) is 0.227. The van der Waals surface area contributed by atoms with Crippen molar-refractivity contribution in [1.82, 2.24) is 4.98 Å². The van der Waals surface area contributed by atoms with E-state index in [4.69, 9.17) is 5.14 Å². The average Bonchev–Trinajstić information content (AvgIpc) is 3.15. The van der Waals surface area contributed by atoms with Gasteiger partial charge in [-0.05, 0) is 55.3 Å². The quantitative estimate of drug-likeness (QED) is 0.440. The highest BCUT2D eigenvalue weighted by Gasteiger charge is 2.45. The molecule has 30 heavy (non-hydrogen) atoms. The van der Waals surface area contributed by atoms with Gasteiger partial charge in [-0.3, -0.25) is 4.79 Å². The Hall–Kier alpha value is -2.26. The Morgan fingerprint density at radius 3 is 2.43 bits per heavy atom. The lowest BCUT2D eigenvalue weighted by molar-refractivity contribution is 0.103. The summed E-state index contributed by atoms with van der Waals surface area (Å²) in [6.45, 7) is 3.26. The van der Waals surface area contributed by atoms with Gasteiger partial charge in [0, 0.05) is 22.2 Å². The molecule has 2 atom stereocenters. The molecule has 0 bridgehead atoms. The summed E-state index contributed by atoms with van der Waals surface area (Å²) < 4.78 is 24.0. The van der Waals surface area contributed by atoms with Gasteiger partial charge >= 0.3 is 0 Å². The van der Waals surface area contributed by atoms with Crippen molar-refractivity contribution in [2.24, 2.45) is 5.14 Å². The number of benzene rings is 2. The van der Waals surface area contributed by atoms with E-state index < -0.39 is 20.9 Å². The number of carbonyl (C=O) groups excluding carboxylic acids is 1. The zero-order valence-corrected chi connectivity index (χ0v) is 19.0. The number of sulfonamides is 1. The van der Waals surface area contributed by atoms with Crippen LogP contribution in [-0.2, 0) is 21.2 Å². The molecule has 0 radical (unpaired) electrons. The summed E-state index contributed by atoms with van der Waals surface area (Å²) in [4.78, 5) is 15.8. The van der Waals surface area contributed by atoms with Gasteiger partial charge in [0.2, 0.25) is 15.8 Å². The second-order valence-corrected chi connectivity index (χ2v) is 10.3. The first-order valence-corrected chi connectivity index (χ1v) is 11.6. The van der Waals surface area contributed by atoms with Crippen LogP contribution in [0.15, 0.2) is 65.1 Å². The van der Waals surface area contributed by atoms with Gasteiger partial charge in [-0.2, -0.15) is 0 Å². The number of hydrogen-bond donors (Lipinski definition) is 3. The average molecular weight is 491 g/mol. The van der Waals surface area contributed by atoms with Crippen molar-refractivity contribution < 1.29 is 18.3 Å². The van der Waals surface area contributed by atoms with Crippen LogP contribution in [-0.4, -0.2) is 30.4 Å². The van der Waals surface area contributed by atoms with E-state index in [9.17, 15) is 18.3 Å². The molecule has 4 N–H and O–H groups in total. The molecule has 1 aromatic heterocycles. The summed E-state index contributed by atoms with van der Waals surface area (Å²) in [6.07, 6.45) is -1.35. The Kier molecular flexibility index (Phi) is 6.33. The standard InChI is InChI=1S/C22H23BrN2O4S/c1-14-12-16(23)8-10-18(14)21(27)19-11-9-17(25-19)13-20(26)22(2,30(24,28)29)15-6-4-3-5-7-15/h3-12,20,25-26H,13H2,1-2H3,(H2,24,28,29). The maximum absolute atomic E-state index is 12.8. The number of aromatic nitrogens is 1. The predicted octanol–water partition coefficient (Wildman–Crippen LogP) is 3.42. The Balaban J connectivity index is 1.88. The topological polar surface area (TPSA) is 113 Å². The van der Waals surface area contributed by atoms with Gasteiger partial charge in [-0.15, -0.1) is 0 Å². The highest BCUT2D eigenvalue weighted by atomic mass is 79.9. The number of hydrogen-bond acceptors (Lipinski definition) is 4. The molecule has 0 saturated heterocycles. The molecule has 0 saturated carbocycles. The van der Waals surface area contributed by atoms with Crippen LogP contribution in [0.3, 0.4) is 0 Å². The molecule has 3 rings (SSSR count). The number of H-pyrrole nitrogens is 1. The van der Waals surface area contributed by atoms with E-state index in [2.05, 4.69) is 20.9 Å². The minimum absolute atomic E-state index is 0.0194. The highest BCUT2D eigenvalue weighted by molar-refractivity contribution is 9.10. The summed E-state index contributed by atoms with van der Waals surface area (Å²) in [5.41, 5.74) is 2.68. The van der Waals surface area contributed by atoms with Crippen LogP contribution >= 0.6 is 15.9 Å². The number of aryl methyl sites for hydroxylation is 1. The molecule has 0 spiro atoms. The van der Waals surface area contributed by atoms with Gasteiger partial charge in [0.05, 0.1) is 11.8 Å². The molecule has 2 aromatic carbocycles. The molecule has 0 aliphatic carbocycles. The zero-order valence-electron chi connectivity index (χ0n) is 16.6. The van der Waals surface area contributed by atoms with Crippen LogP contribution in [0.2, 0.25) is 0 Å². The Morgan fingerprint density at radius 2 is 1.83 bits per heavy atom.